The minimum absolute atomic E-state index is 0.0703. The van der Waals surface area contributed by atoms with Gasteiger partial charge >= 0.3 is 0 Å². The smallest absolute Gasteiger partial charge is 0.251 e. The molecule has 0 saturated heterocycles. The molecule has 7 nitrogen and oxygen atoms in total. The van der Waals surface area contributed by atoms with E-state index in [2.05, 4.69) is 21.3 Å². The summed E-state index contributed by atoms with van der Waals surface area (Å²) in [6.45, 7) is 9.63. The fourth-order valence-electron chi connectivity index (χ4n) is 2.59. The number of anilines is 2. The Balaban J connectivity index is 1.84. The number of hydrogen-bond acceptors (Lipinski definition) is 4. The Morgan fingerprint density at radius 1 is 0.800 bits per heavy atom. The van der Waals surface area contributed by atoms with Crippen molar-refractivity contribution in [2.24, 2.45) is 0 Å². The zero-order chi connectivity index (χ0) is 22.3. The van der Waals surface area contributed by atoms with Crippen molar-refractivity contribution in [1.29, 1.82) is 0 Å². The minimum Gasteiger partial charge on any atom is -0.376 e. The van der Waals surface area contributed by atoms with Gasteiger partial charge in [-0.2, -0.15) is 0 Å². The molecule has 0 saturated carbocycles. The van der Waals surface area contributed by atoms with Crippen LogP contribution in [0.4, 0.5) is 11.4 Å². The second-order valence-corrected chi connectivity index (χ2v) is 8.39. The molecule has 2 aromatic rings. The number of carbonyl (C=O) groups excluding carboxylic acids is 3. The lowest BCUT2D eigenvalue weighted by Crippen LogP contribution is -2.40. The van der Waals surface area contributed by atoms with Crippen molar-refractivity contribution < 1.29 is 14.4 Å². The highest BCUT2D eigenvalue weighted by atomic mass is 16.2. The molecule has 0 heterocycles. The Kier molecular flexibility index (Phi) is 7.58. The third-order valence-electron chi connectivity index (χ3n) is 3.94. The number of nitrogens with one attached hydrogen (secondary N) is 4. The Hall–Kier alpha value is -3.35. The largest absolute Gasteiger partial charge is 0.376 e. The standard InChI is InChI=1S/C23H30N4O3/c1-15(2)25-21(29)16-6-10-18(11-7-16)24-14-20(28)26-19-12-8-17(9-13-19)22(30)27-23(3,4)5/h6-13,15,24H,14H2,1-5H3,(H,25,29)(H,26,28)(H,27,30). The van der Waals surface area contributed by atoms with E-state index in [0.29, 0.717) is 16.8 Å². The van der Waals surface area contributed by atoms with E-state index in [1.807, 2.05) is 34.6 Å². The molecule has 0 unspecified atom stereocenters. The lowest BCUT2D eigenvalue weighted by atomic mass is 10.1. The second kappa shape index (κ2) is 9.91. The predicted octanol–water partition coefficient (Wildman–Crippen LogP) is 3.40. The third-order valence-corrected chi connectivity index (χ3v) is 3.94. The van der Waals surface area contributed by atoms with Crippen molar-refractivity contribution in [3.63, 3.8) is 0 Å². The first-order valence-electron chi connectivity index (χ1n) is 9.91. The quantitative estimate of drug-likeness (QED) is 0.562. The Labute approximate surface area is 177 Å². The van der Waals surface area contributed by atoms with Gasteiger partial charge < -0.3 is 21.3 Å². The summed E-state index contributed by atoms with van der Waals surface area (Å²) in [7, 11) is 0. The molecule has 3 amide bonds. The summed E-state index contributed by atoms with van der Waals surface area (Å²) in [5, 5.41) is 11.5. The highest BCUT2D eigenvalue weighted by molar-refractivity contribution is 5.97. The average molecular weight is 411 g/mol. The molecule has 7 heteroatoms. The van der Waals surface area contributed by atoms with Gasteiger partial charge in [0.15, 0.2) is 0 Å². The first-order valence-corrected chi connectivity index (χ1v) is 9.91. The highest BCUT2D eigenvalue weighted by Crippen LogP contribution is 2.12. The van der Waals surface area contributed by atoms with Crippen LogP contribution in [0.1, 0.15) is 55.3 Å². The Morgan fingerprint density at radius 2 is 1.30 bits per heavy atom. The number of rotatable bonds is 7. The van der Waals surface area contributed by atoms with Crippen molar-refractivity contribution in [1.82, 2.24) is 10.6 Å². The summed E-state index contributed by atoms with van der Waals surface area (Å²) in [6, 6.07) is 13.7. The predicted molar refractivity (Wildman–Crippen MR) is 120 cm³/mol. The molecule has 0 aliphatic carbocycles. The summed E-state index contributed by atoms with van der Waals surface area (Å²) in [5.41, 5.74) is 2.12. The summed E-state index contributed by atoms with van der Waals surface area (Å²) in [5.74, 6) is -0.509. The average Bonchev–Trinajstić information content (AvgIpc) is 2.65. The molecule has 0 bridgehead atoms. The van der Waals surface area contributed by atoms with Gasteiger partial charge in [-0.25, -0.2) is 0 Å². The fraction of sp³-hybridized carbons (Fsp3) is 0.348. The van der Waals surface area contributed by atoms with Crippen molar-refractivity contribution in [2.75, 3.05) is 17.2 Å². The molecular weight excluding hydrogens is 380 g/mol. The van der Waals surface area contributed by atoms with Crippen molar-refractivity contribution >= 4 is 29.1 Å². The molecule has 0 atom stereocenters. The normalized spacial score (nSPS) is 11.0. The van der Waals surface area contributed by atoms with Gasteiger partial charge in [0, 0.05) is 34.1 Å². The molecule has 0 fully saturated rings. The van der Waals surface area contributed by atoms with Crippen LogP contribution in [0.5, 0.6) is 0 Å². The third kappa shape index (κ3) is 7.58. The van der Waals surface area contributed by atoms with Crippen LogP contribution in [0.15, 0.2) is 48.5 Å². The molecule has 0 aliphatic heterocycles. The van der Waals surface area contributed by atoms with E-state index in [0.717, 1.165) is 5.69 Å². The van der Waals surface area contributed by atoms with Gasteiger partial charge in [0.05, 0.1) is 6.54 Å². The van der Waals surface area contributed by atoms with Gasteiger partial charge in [0.2, 0.25) is 5.91 Å². The van der Waals surface area contributed by atoms with Crippen LogP contribution in [0.25, 0.3) is 0 Å². The van der Waals surface area contributed by atoms with E-state index < -0.39 is 0 Å². The van der Waals surface area contributed by atoms with Crippen molar-refractivity contribution in [2.45, 2.75) is 46.2 Å². The first-order chi connectivity index (χ1) is 14.0. The lowest BCUT2D eigenvalue weighted by Gasteiger charge is -2.20. The maximum Gasteiger partial charge on any atom is 0.251 e. The Bertz CT molecular complexity index is 882. The molecule has 2 rings (SSSR count). The van der Waals surface area contributed by atoms with E-state index in [1.165, 1.54) is 0 Å². The van der Waals surface area contributed by atoms with Crippen LogP contribution in [-0.4, -0.2) is 35.8 Å². The lowest BCUT2D eigenvalue weighted by molar-refractivity contribution is -0.114. The zero-order valence-corrected chi connectivity index (χ0v) is 18.1. The van der Waals surface area contributed by atoms with Crippen molar-refractivity contribution in [3.8, 4) is 0 Å². The SMILES string of the molecule is CC(C)NC(=O)c1ccc(NCC(=O)Nc2ccc(C(=O)NC(C)(C)C)cc2)cc1. The molecular formula is C23H30N4O3. The number of carbonyl (C=O) groups is 3. The maximum absolute atomic E-state index is 12.2. The molecule has 0 radical (unpaired) electrons. The molecule has 0 aliphatic rings. The minimum atomic E-state index is -0.313. The molecule has 160 valence electrons. The molecule has 0 spiro atoms. The number of benzene rings is 2. The van der Waals surface area contributed by atoms with Gasteiger partial charge in [-0.1, -0.05) is 0 Å². The van der Waals surface area contributed by atoms with Crippen LogP contribution in [0.3, 0.4) is 0 Å². The van der Waals surface area contributed by atoms with Crippen LogP contribution < -0.4 is 21.3 Å². The van der Waals surface area contributed by atoms with E-state index >= 15 is 0 Å². The zero-order valence-electron chi connectivity index (χ0n) is 18.1. The van der Waals surface area contributed by atoms with Gasteiger partial charge in [0.1, 0.15) is 0 Å². The van der Waals surface area contributed by atoms with Gasteiger partial charge in [-0.05, 0) is 83.1 Å². The number of amides is 3. The van der Waals surface area contributed by atoms with E-state index in [1.54, 1.807) is 48.5 Å². The van der Waals surface area contributed by atoms with Gasteiger partial charge in [0.25, 0.3) is 11.8 Å². The van der Waals surface area contributed by atoms with E-state index in [-0.39, 0.29) is 35.8 Å². The van der Waals surface area contributed by atoms with Gasteiger partial charge in [-0.15, -0.1) is 0 Å². The summed E-state index contributed by atoms with van der Waals surface area (Å²) < 4.78 is 0. The number of hydrogen-bond donors (Lipinski definition) is 4. The van der Waals surface area contributed by atoms with Crippen molar-refractivity contribution in [3.05, 3.63) is 59.7 Å². The van der Waals surface area contributed by atoms with Crippen LogP contribution in [0.2, 0.25) is 0 Å². The molecule has 30 heavy (non-hydrogen) atoms. The highest BCUT2D eigenvalue weighted by Gasteiger charge is 2.15. The fourth-order valence-corrected chi connectivity index (χ4v) is 2.59. The Morgan fingerprint density at radius 3 is 1.80 bits per heavy atom. The summed E-state index contributed by atoms with van der Waals surface area (Å²) >= 11 is 0. The van der Waals surface area contributed by atoms with E-state index in [4.69, 9.17) is 0 Å². The first kappa shape index (κ1) is 22.9. The van der Waals surface area contributed by atoms with Crippen LogP contribution in [-0.2, 0) is 4.79 Å². The summed E-state index contributed by atoms with van der Waals surface area (Å²) in [4.78, 5) is 36.3. The van der Waals surface area contributed by atoms with Gasteiger partial charge in [-0.3, -0.25) is 14.4 Å². The summed E-state index contributed by atoms with van der Waals surface area (Å²) in [6.07, 6.45) is 0. The topological polar surface area (TPSA) is 99.3 Å². The van der Waals surface area contributed by atoms with Crippen LogP contribution >= 0.6 is 0 Å². The maximum atomic E-state index is 12.2. The molecule has 2 aromatic carbocycles. The molecule has 4 N–H and O–H groups in total. The second-order valence-electron chi connectivity index (χ2n) is 8.39. The van der Waals surface area contributed by atoms with E-state index in [9.17, 15) is 14.4 Å². The monoisotopic (exact) mass is 410 g/mol. The van der Waals surface area contributed by atoms with Crippen LogP contribution in [0, 0.1) is 0 Å². The molecule has 0 aromatic heterocycles.